The number of aliphatic carboxylic acids is 1. The second-order valence-electron chi connectivity index (χ2n) is 8.04. The number of hydrogen-bond acceptors (Lipinski definition) is 6. The predicted octanol–water partition coefficient (Wildman–Crippen LogP) is 2.72. The van der Waals surface area contributed by atoms with E-state index >= 15 is 0 Å². The Labute approximate surface area is 172 Å². The first-order valence-corrected chi connectivity index (χ1v) is 10.4. The van der Waals surface area contributed by atoms with Gasteiger partial charge in [0.05, 0.1) is 5.92 Å². The molecule has 2 aliphatic rings. The third-order valence-electron chi connectivity index (χ3n) is 5.95. The van der Waals surface area contributed by atoms with E-state index in [2.05, 4.69) is 61.9 Å². The van der Waals surface area contributed by atoms with Gasteiger partial charge in [-0.2, -0.15) is 0 Å². The average molecular weight is 396 g/mol. The van der Waals surface area contributed by atoms with Gasteiger partial charge < -0.3 is 19.8 Å². The van der Waals surface area contributed by atoms with Crippen LogP contribution in [0.2, 0.25) is 0 Å². The highest BCUT2D eigenvalue weighted by molar-refractivity contribution is 5.70. The first-order valence-electron chi connectivity index (χ1n) is 10.4. The van der Waals surface area contributed by atoms with Crippen molar-refractivity contribution in [2.45, 2.75) is 26.7 Å². The number of hydrogen-bond donors (Lipinski definition) is 1. The van der Waals surface area contributed by atoms with Gasteiger partial charge in [-0.1, -0.05) is 12.1 Å². The molecule has 154 valence electrons. The lowest BCUT2D eigenvalue weighted by Gasteiger charge is -2.37. The highest BCUT2D eigenvalue weighted by Crippen LogP contribution is 2.26. The minimum atomic E-state index is -0.685. The zero-order valence-corrected chi connectivity index (χ0v) is 17.2. The normalized spacial score (nSPS) is 18.2. The van der Waals surface area contributed by atoms with E-state index in [4.69, 9.17) is 0 Å². The van der Waals surface area contributed by atoms with Crippen molar-refractivity contribution >= 4 is 23.3 Å². The van der Waals surface area contributed by atoms with Crippen molar-refractivity contribution in [1.82, 2.24) is 9.97 Å². The number of nitrogens with zero attached hydrogens (tertiary/aromatic N) is 5. The van der Waals surface area contributed by atoms with E-state index in [1.54, 1.807) is 0 Å². The van der Waals surface area contributed by atoms with Crippen molar-refractivity contribution in [2.75, 3.05) is 54.0 Å². The summed E-state index contributed by atoms with van der Waals surface area (Å²) in [6.07, 6.45) is 1.34. The minimum Gasteiger partial charge on any atom is -0.481 e. The standard InChI is InChI=1S/C22H29N5O2/c1-16-4-3-5-19(14-16)25-10-12-27(13-11-25)21-15-20(23-17(2)24-21)26-8-6-18(7-9-26)22(28)29/h3-5,14-15,18H,6-13H2,1-2H3,(H,28,29). The van der Waals surface area contributed by atoms with Crippen molar-refractivity contribution in [2.24, 2.45) is 5.92 Å². The van der Waals surface area contributed by atoms with E-state index in [1.807, 2.05) is 6.92 Å². The molecule has 2 aromatic rings. The van der Waals surface area contributed by atoms with Crippen LogP contribution in [0.1, 0.15) is 24.2 Å². The molecule has 2 fully saturated rings. The van der Waals surface area contributed by atoms with Crippen LogP contribution in [-0.4, -0.2) is 60.3 Å². The van der Waals surface area contributed by atoms with Crippen LogP contribution in [0.3, 0.4) is 0 Å². The number of aromatic nitrogens is 2. The van der Waals surface area contributed by atoms with E-state index in [0.29, 0.717) is 12.8 Å². The molecule has 7 nitrogen and oxygen atoms in total. The summed E-state index contributed by atoms with van der Waals surface area (Å²) in [6, 6.07) is 10.7. The molecule has 4 rings (SSSR count). The van der Waals surface area contributed by atoms with Crippen LogP contribution in [-0.2, 0) is 4.79 Å². The van der Waals surface area contributed by atoms with Crippen LogP contribution in [0.15, 0.2) is 30.3 Å². The molecule has 1 aromatic heterocycles. The number of piperazine rings is 1. The maximum absolute atomic E-state index is 11.2. The first-order chi connectivity index (χ1) is 14.0. The van der Waals surface area contributed by atoms with Crippen LogP contribution in [0.25, 0.3) is 0 Å². The molecule has 0 radical (unpaired) electrons. The van der Waals surface area contributed by atoms with E-state index in [-0.39, 0.29) is 5.92 Å². The fourth-order valence-corrected chi connectivity index (χ4v) is 4.23. The Balaban J connectivity index is 1.43. The molecule has 2 aliphatic heterocycles. The Bertz CT molecular complexity index is 871. The van der Waals surface area contributed by atoms with E-state index in [1.165, 1.54) is 11.3 Å². The van der Waals surface area contributed by atoms with E-state index in [0.717, 1.165) is 56.7 Å². The summed E-state index contributed by atoms with van der Waals surface area (Å²) in [6.45, 7) is 9.29. The summed E-state index contributed by atoms with van der Waals surface area (Å²) in [7, 11) is 0. The van der Waals surface area contributed by atoms with Crippen LogP contribution < -0.4 is 14.7 Å². The highest BCUT2D eigenvalue weighted by Gasteiger charge is 2.26. The largest absolute Gasteiger partial charge is 0.481 e. The summed E-state index contributed by atoms with van der Waals surface area (Å²) < 4.78 is 0. The SMILES string of the molecule is Cc1cccc(N2CCN(c3cc(N4CCC(C(=O)O)CC4)nc(C)n3)CC2)c1. The van der Waals surface area contributed by atoms with Gasteiger partial charge >= 0.3 is 5.97 Å². The second kappa shape index (κ2) is 8.27. The molecular weight excluding hydrogens is 366 g/mol. The van der Waals surface area contributed by atoms with Gasteiger partial charge in [0.25, 0.3) is 0 Å². The smallest absolute Gasteiger partial charge is 0.306 e. The number of carboxylic acids is 1. The highest BCUT2D eigenvalue weighted by atomic mass is 16.4. The summed E-state index contributed by atoms with van der Waals surface area (Å²) >= 11 is 0. The van der Waals surface area contributed by atoms with Crippen molar-refractivity contribution in [3.63, 3.8) is 0 Å². The molecule has 0 atom stereocenters. The topological polar surface area (TPSA) is 72.8 Å². The minimum absolute atomic E-state index is 0.233. The van der Waals surface area contributed by atoms with Gasteiger partial charge in [-0.05, 0) is 44.4 Å². The lowest BCUT2D eigenvalue weighted by molar-refractivity contribution is -0.142. The molecule has 0 spiro atoms. The Kier molecular flexibility index (Phi) is 5.56. The monoisotopic (exact) mass is 395 g/mol. The van der Waals surface area contributed by atoms with Gasteiger partial charge in [0.1, 0.15) is 17.5 Å². The fourth-order valence-electron chi connectivity index (χ4n) is 4.23. The van der Waals surface area contributed by atoms with Crippen molar-refractivity contribution in [1.29, 1.82) is 0 Å². The van der Waals surface area contributed by atoms with Crippen molar-refractivity contribution < 1.29 is 9.90 Å². The van der Waals surface area contributed by atoms with Gasteiger partial charge in [0.2, 0.25) is 0 Å². The van der Waals surface area contributed by atoms with Crippen LogP contribution in [0, 0.1) is 19.8 Å². The number of anilines is 3. The Hall–Kier alpha value is -2.83. The van der Waals surface area contributed by atoms with Crippen molar-refractivity contribution in [3.8, 4) is 0 Å². The molecule has 29 heavy (non-hydrogen) atoms. The van der Waals surface area contributed by atoms with Gasteiger partial charge in [0, 0.05) is 51.0 Å². The fraction of sp³-hybridized carbons (Fsp3) is 0.500. The van der Waals surface area contributed by atoms with Crippen molar-refractivity contribution in [3.05, 3.63) is 41.7 Å². The molecule has 0 saturated carbocycles. The van der Waals surface area contributed by atoms with Crippen LogP contribution in [0.4, 0.5) is 17.3 Å². The summed E-state index contributed by atoms with van der Waals surface area (Å²) in [4.78, 5) is 27.5. The van der Waals surface area contributed by atoms with E-state index < -0.39 is 5.97 Å². The number of aryl methyl sites for hydroxylation is 2. The Morgan fingerprint density at radius 3 is 2.07 bits per heavy atom. The molecule has 7 heteroatoms. The molecule has 0 aliphatic carbocycles. The number of piperidine rings is 1. The third-order valence-corrected chi connectivity index (χ3v) is 5.95. The molecule has 0 bridgehead atoms. The number of carbonyl (C=O) groups is 1. The molecule has 1 aromatic carbocycles. The average Bonchev–Trinajstić information content (AvgIpc) is 2.73. The zero-order valence-electron chi connectivity index (χ0n) is 17.2. The van der Waals surface area contributed by atoms with Gasteiger partial charge in [-0.15, -0.1) is 0 Å². The molecule has 0 unspecified atom stereocenters. The summed E-state index contributed by atoms with van der Waals surface area (Å²) in [5.41, 5.74) is 2.57. The predicted molar refractivity (Wildman–Crippen MR) is 115 cm³/mol. The van der Waals surface area contributed by atoms with Gasteiger partial charge in [0.15, 0.2) is 0 Å². The van der Waals surface area contributed by atoms with Gasteiger partial charge in [-0.3, -0.25) is 4.79 Å². The Morgan fingerprint density at radius 1 is 0.897 bits per heavy atom. The third kappa shape index (κ3) is 4.44. The maximum Gasteiger partial charge on any atom is 0.306 e. The second-order valence-corrected chi connectivity index (χ2v) is 8.04. The number of carboxylic acid groups (broad SMARTS) is 1. The summed E-state index contributed by atoms with van der Waals surface area (Å²) in [5, 5.41) is 9.22. The number of rotatable bonds is 4. The molecule has 1 N–H and O–H groups in total. The molecule has 0 amide bonds. The van der Waals surface area contributed by atoms with Gasteiger partial charge in [-0.25, -0.2) is 9.97 Å². The summed E-state index contributed by atoms with van der Waals surface area (Å²) in [5.74, 6) is 1.73. The molecule has 3 heterocycles. The van der Waals surface area contributed by atoms with Crippen LogP contribution >= 0.6 is 0 Å². The molecular formula is C22H29N5O2. The Morgan fingerprint density at radius 2 is 1.48 bits per heavy atom. The van der Waals surface area contributed by atoms with Crippen LogP contribution in [0.5, 0.6) is 0 Å². The maximum atomic E-state index is 11.2. The lowest BCUT2D eigenvalue weighted by atomic mass is 9.97. The molecule has 2 saturated heterocycles. The zero-order chi connectivity index (χ0) is 20.4. The van der Waals surface area contributed by atoms with E-state index in [9.17, 15) is 9.90 Å². The first kappa shape index (κ1) is 19.5. The lowest BCUT2D eigenvalue weighted by Crippen LogP contribution is -2.47. The quantitative estimate of drug-likeness (QED) is 0.853. The number of benzene rings is 1.